The Bertz CT molecular complexity index is 927. The van der Waals surface area contributed by atoms with Crippen molar-refractivity contribution in [3.05, 3.63) is 95.8 Å². The first kappa shape index (κ1) is 19.3. The lowest BCUT2D eigenvalue weighted by Crippen LogP contribution is -2.32. The van der Waals surface area contributed by atoms with E-state index in [1.165, 1.54) is 6.20 Å². The van der Waals surface area contributed by atoms with Crippen molar-refractivity contribution in [3.8, 4) is 0 Å². The van der Waals surface area contributed by atoms with Crippen LogP contribution < -0.4 is 10.2 Å². The molecule has 2 aromatic carbocycles. The van der Waals surface area contributed by atoms with Gasteiger partial charge in [-0.1, -0.05) is 48.5 Å². The summed E-state index contributed by atoms with van der Waals surface area (Å²) in [4.78, 5) is 31.1. The van der Waals surface area contributed by atoms with Crippen molar-refractivity contribution in [2.24, 2.45) is 0 Å². The van der Waals surface area contributed by atoms with E-state index in [0.717, 1.165) is 17.7 Å². The van der Waals surface area contributed by atoms with E-state index in [4.69, 9.17) is 0 Å². The van der Waals surface area contributed by atoms with Gasteiger partial charge in [0.1, 0.15) is 5.69 Å². The van der Waals surface area contributed by atoms with Crippen LogP contribution in [0.3, 0.4) is 0 Å². The summed E-state index contributed by atoms with van der Waals surface area (Å²) < 4.78 is 0. The third-order valence-electron chi connectivity index (χ3n) is 4.41. The van der Waals surface area contributed by atoms with Gasteiger partial charge in [0.2, 0.25) is 0 Å². The molecule has 1 heterocycles. The predicted octanol–water partition coefficient (Wildman–Crippen LogP) is 3.72. The largest absolute Gasteiger partial charge is 0.352 e. The van der Waals surface area contributed by atoms with Crippen LogP contribution in [0.1, 0.15) is 33.3 Å². The number of para-hydroxylation sites is 1. The summed E-state index contributed by atoms with van der Waals surface area (Å²) in [5.74, 6) is -0.442. The Morgan fingerprint density at radius 1 is 0.964 bits per heavy atom. The zero-order chi connectivity index (χ0) is 19.8. The maximum atomic E-state index is 12.9. The van der Waals surface area contributed by atoms with E-state index in [0.29, 0.717) is 18.7 Å². The van der Waals surface area contributed by atoms with E-state index in [1.807, 2.05) is 67.6 Å². The first-order valence-corrected chi connectivity index (χ1v) is 9.34. The number of carbonyl (C=O) groups excluding carboxylic acids is 2. The number of hydrogen-bond acceptors (Lipinski definition) is 3. The summed E-state index contributed by atoms with van der Waals surface area (Å²) in [5.41, 5.74) is 2.64. The smallest absolute Gasteiger partial charge is 0.276 e. The lowest BCUT2D eigenvalue weighted by Gasteiger charge is -2.20. The maximum Gasteiger partial charge on any atom is 0.276 e. The molecule has 0 aliphatic heterocycles. The first-order valence-electron chi connectivity index (χ1n) is 9.34. The molecule has 0 saturated heterocycles. The molecule has 5 nitrogen and oxygen atoms in total. The van der Waals surface area contributed by atoms with Crippen LogP contribution in [0.2, 0.25) is 0 Å². The summed E-state index contributed by atoms with van der Waals surface area (Å²) in [7, 11) is 0. The molecule has 0 aliphatic carbocycles. The van der Waals surface area contributed by atoms with E-state index >= 15 is 0 Å². The number of nitrogens with one attached hydrogen (secondary N) is 1. The van der Waals surface area contributed by atoms with Crippen LogP contribution >= 0.6 is 0 Å². The van der Waals surface area contributed by atoms with Gasteiger partial charge < -0.3 is 10.2 Å². The molecule has 3 aromatic rings. The highest BCUT2D eigenvalue weighted by Crippen LogP contribution is 2.16. The zero-order valence-corrected chi connectivity index (χ0v) is 15.8. The molecule has 0 unspecified atom stereocenters. The molecule has 0 fully saturated rings. The van der Waals surface area contributed by atoms with Crippen molar-refractivity contribution in [2.45, 2.75) is 13.3 Å². The van der Waals surface area contributed by atoms with Gasteiger partial charge in [-0.2, -0.15) is 0 Å². The fourth-order valence-electron chi connectivity index (χ4n) is 2.95. The van der Waals surface area contributed by atoms with Gasteiger partial charge in [0, 0.05) is 30.5 Å². The van der Waals surface area contributed by atoms with Gasteiger partial charge in [0.05, 0.1) is 0 Å². The Hall–Kier alpha value is -3.47. The average Bonchev–Trinajstić information content (AvgIpc) is 2.76. The Kier molecular flexibility index (Phi) is 6.52. The molecule has 1 aromatic heterocycles. The standard InChI is InChI=1S/C23H23N3O2/c1-2-26(20-11-7-4-8-12-20)23(28)21-17-19(14-16-24-21)22(27)25-15-13-18-9-5-3-6-10-18/h3-12,14,16-17H,2,13,15H2,1H3,(H,25,27). The van der Waals surface area contributed by atoms with E-state index < -0.39 is 0 Å². The van der Waals surface area contributed by atoms with E-state index in [-0.39, 0.29) is 17.5 Å². The molecule has 0 bridgehead atoms. The molecule has 1 N–H and O–H groups in total. The highest BCUT2D eigenvalue weighted by molar-refractivity contribution is 6.06. The Morgan fingerprint density at radius 2 is 1.64 bits per heavy atom. The minimum Gasteiger partial charge on any atom is -0.352 e. The quantitative estimate of drug-likeness (QED) is 0.687. The Morgan fingerprint density at radius 3 is 2.32 bits per heavy atom. The van der Waals surface area contributed by atoms with Crippen molar-refractivity contribution in [1.29, 1.82) is 0 Å². The normalized spacial score (nSPS) is 10.3. The van der Waals surface area contributed by atoms with Crippen molar-refractivity contribution in [3.63, 3.8) is 0 Å². The van der Waals surface area contributed by atoms with Gasteiger partial charge in [-0.15, -0.1) is 0 Å². The van der Waals surface area contributed by atoms with E-state index in [2.05, 4.69) is 10.3 Å². The topological polar surface area (TPSA) is 62.3 Å². The number of amides is 2. The second-order valence-electron chi connectivity index (χ2n) is 6.31. The van der Waals surface area contributed by atoms with Crippen LogP contribution in [0.25, 0.3) is 0 Å². The molecule has 3 rings (SSSR count). The third kappa shape index (κ3) is 4.82. The summed E-state index contributed by atoms with van der Waals surface area (Å²) in [6.07, 6.45) is 2.25. The molecule has 2 amide bonds. The number of carbonyl (C=O) groups is 2. The van der Waals surface area contributed by atoms with Crippen molar-refractivity contribution in [2.75, 3.05) is 18.0 Å². The fraction of sp³-hybridized carbons (Fsp3) is 0.174. The minimum absolute atomic E-state index is 0.213. The molecular formula is C23H23N3O2. The number of aromatic nitrogens is 1. The van der Waals surface area contributed by atoms with Gasteiger partial charge in [-0.05, 0) is 43.2 Å². The number of anilines is 1. The van der Waals surface area contributed by atoms with Gasteiger partial charge >= 0.3 is 0 Å². The number of pyridine rings is 1. The van der Waals surface area contributed by atoms with Crippen LogP contribution in [-0.4, -0.2) is 29.9 Å². The molecular weight excluding hydrogens is 350 g/mol. The number of hydrogen-bond donors (Lipinski definition) is 1. The summed E-state index contributed by atoms with van der Waals surface area (Å²) in [5, 5.41) is 2.90. The SMILES string of the molecule is CCN(C(=O)c1cc(C(=O)NCCc2ccccc2)ccn1)c1ccccc1. The summed E-state index contributed by atoms with van der Waals surface area (Å²) in [6.45, 7) is 2.95. The van der Waals surface area contributed by atoms with Gasteiger partial charge in [-0.3, -0.25) is 14.6 Å². The molecule has 0 saturated carbocycles. The summed E-state index contributed by atoms with van der Waals surface area (Å²) >= 11 is 0. The average molecular weight is 373 g/mol. The van der Waals surface area contributed by atoms with E-state index in [9.17, 15) is 9.59 Å². The lowest BCUT2D eigenvalue weighted by atomic mass is 10.1. The van der Waals surface area contributed by atoms with Crippen molar-refractivity contribution >= 4 is 17.5 Å². The Balaban J connectivity index is 1.67. The highest BCUT2D eigenvalue weighted by atomic mass is 16.2. The number of nitrogens with zero attached hydrogens (tertiary/aromatic N) is 2. The van der Waals surface area contributed by atoms with E-state index in [1.54, 1.807) is 17.0 Å². The molecule has 0 spiro atoms. The van der Waals surface area contributed by atoms with Crippen LogP contribution in [0.15, 0.2) is 79.0 Å². The monoisotopic (exact) mass is 373 g/mol. The first-order chi connectivity index (χ1) is 13.7. The maximum absolute atomic E-state index is 12.9. The van der Waals surface area contributed by atoms with Gasteiger partial charge in [-0.25, -0.2) is 0 Å². The molecule has 142 valence electrons. The molecule has 0 atom stereocenters. The van der Waals surface area contributed by atoms with Crippen LogP contribution in [0, 0.1) is 0 Å². The molecule has 5 heteroatoms. The third-order valence-corrected chi connectivity index (χ3v) is 4.41. The highest BCUT2D eigenvalue weighted by Gasteiger charge is 2.18. The van der Waals surface area contributed by atoms with Gasteiger partial charge in [0.25, 0.3) is 11.8 Å². The number of rotatable bonds is 7. The second-order valence-corrected chi connectivity index (χ2v) is 6.31. The number of benzene rings is 2. The molecule has 0 radical (unpaired) electrons. The predicted molar refractivity (Wildman–Crippen MR) is 111 cm³/mol. The fourth-order valence-corrected chi connectivity index (χ4v) is 2.95. The molecule has 0 aliphatic rings. The molecule has 28 heavy (non-hydrogen) atoms. The van der Waals surface area contributed by atoms with Crippen molar-refractivity contribution in [1.82, 2.24) is 10.3 Å². The van der Waals surface area contributed by atoms with Crippen molar-refractivity contribution < 1.29 is 9.59 Å². The van der Waals surface area contributed by atoms with Crippen LogP contribution in [0.4, 0.5) is 5.69 Å². The van der Waals surface area contributed by atoms with Crippen LogP contribution in [-0.2, 0) is 6.42 Å². The zero-order valence-electron chi connectivity index (χ0n) is 15.8. The second kappa shape index (κ2) is 9.46. The van der Waals surface area contributed by atoms with Crippen LogP contribution in [0.5, 0.6) is 0 Å². The lowest BCUT2D eigenvalue weighted by molar-refractivity contribution is 0.0954. The Labute approximate surface area is 165 Å². The minimum atomic E-state index is -0.229. The summed E-state index contributed by atoms with van der Waals surface area (Å²) in [6, 6.07) is 22.6. The van der Waals surface area contributed by atoms with Gasteiger partial charge in [0.15, 0.2) is 0 Å².